The van der Waals surface area contributed by atoms with Crippen molar-refractivity contribution in [3.63, 3.8) is 0 Å². The van der Waals surface area contributed by atoms with E-state index in [1.807, 2.05) is 6.07 Å². The Kier molecular flexibility index (Phi) is 3.29. The molecule has 0 amide bonds. The van der Waals surface area contributed by atoms with Crippen LogP contribution >= 0.6 is 0 Å². The van der Waals surface area contributed by atoms with E-state index in [1.54, 1.807) is 6.20 Å². The van der Waals surface area contributed by atoms with Gasteiger partial charge < -0.3 is 5.32 Å². The Hall–Kier alpha value is -2.13. The van der Waals surface area contributed by atoms with Gasteiger partial charge in [0.25, 0.3) is 0 Å². The van der Waals surface area contributed by atoms with Gasteiger partial charge in [-0.25, -0.2) is 0 Å². The molecule has 1 heterocycles. The summed E-state index contributed by atoms with van der Waals surface area (Å²) in [7, 11) is 0. The standard InChI is InChI=1S/C16H17N3/c1-12(17-11-16-8-9-18-19-16)14-7-6-13-4-2-3-5-15(13)10-14/h2-10,12,17H,11H2,1H3,(H,18,19). The van der Waals surface area contributed by atoms with Gasteiger partial charge in [0.2, 0.25) is 0 Å². The SMILES string of the molecule is CC(NCc1ccn[nH]1)c1ccc2ccccc2c1. The van der Waals surface area contributed by atoms with Gasteiger partial charge in [0.05, 0.1) is 0 Å². The molecule has 2 N–H and O–H groups in total. The Morgan fingerprint density at radius 2 is 1.95 bits per heavy atom. The third kappa shape index (κ3) is 2.66. The minimum Gasteiger partial charge on any atom is -0.305 e. The fraction of sp³-hybridized carbons (Fsp3) is 0.188. The van der Waals surface area contributed by atoms with Gasteiger partial charge in [-0.3, -0.25) is 5.10 Å². The van der Waals surface area contributed by atoms with E-state index in [4.69, 9.17) is 0 Å². The first-order valence-corrected chi connectivity index (χ1v) is 6.53. The van der Waals surface area contributed by atoms with E-state index in [1.165, 1.54) is 16.3 Å². The Bertz CT molecular complexity index is 659. The average molecular weight is 251 g/mol. The van der Waals surface area contributed by atoms with Crippen molar-refractivity contribution in [2.45, 2.75) is 19.5 Å². The molecule has 1 atom stereocenters. The molecule has 0 saturated carbocycles. The zero-order chi connectivity index (χ0) is 13.1. The van der Waals surface area contributed by atoms with E-state index < -0.39 is 0 Å². The second-order valence-corrected chi connectivity index (χ2v) is 4.79. The molecule has 0 spiro atoms. The van der Waals surface area contributed by atoms with Crippen molar-refractivity contribution in [1.29, 1.82) is 0 Å². The first-order chi connectivity index (χ1) is 9.33. The van der Waals surface area contributed by atoms with E-state index in [-0.39, 0.29) is 0 Å². The normalized spacial score (nSPS) is 12.7. The number of aromatic amines is 1. The second kappa shape index (κ2) is 5.24. The number of hydrogen-bond donors (Lipinski definition) is 2. The molecule has 1 aromatic heterocycles. The second-order valence-electron chi connectivity index (χ2n) is 4.79. The maximum Gasteiger partial charge on any atom is 0.0490 e. The number of nitrogens with one attached hydrogen (secondary N) is 2. The summed E-state index contributed by atoms with van der Waals surface area (Å²) in [6.45, 7) is 2.98. The van der Waals surface area contributed by atoms with Crippen molar-refractivity contribution >= 4 is 10.8 Å². The molecule has 96 valence electrons. The highest BCUT2D eigenvalue weighted by Crippen LogP contribution is 2.20. The predicted molar refractivity (Wildman–Crippen MR) is 77.8 cm³/mol. The number of rotatable bonds is 4. The highest BCUT2D eigenvalue weighted by atomic mass is 15.1. The number of benzene rings is 2. The van der Waals surface area contributed by atoms with Gasteiger partial charge >= 0.3 is 0 Å². The van der Waals surface area contributed by atoms with E-state index in [0.717, 1.165) is 12.2 Å². The first-order valence-electron chi connectivity index (χ1n) is 6.53. The van der Waals surface area contributed by atoms with Gasteiger partial charge in [-0.05, 0) is 35.4 Å². The molecule has 0 aliphatic carbocycles. The molecule has 1 unspecified atom stereocenters. The molecule has 19 heavy (non-hydrogen) atoms. The van der Waals surface area contributed by atoms with Crippen molar-refractivity contribution in [3.8, 4) is 0 Å². The van der Waals surface area contributed by atoms with Crippen molar-refractivity contribution in [3.05, 3.63) is 66.0 Å². The van der Waals surface area contributed by atoms with Crippen molar-refractivity contribution in [2.24, 2.45) is 0 Å². The molecule has 0 radical (unpaired) electrons. The zero-order valence-corrected chi connectivity index (χ0v) is 10.9. The van der Waals surface area contributed by atoms with Crippen LogP contribution in [0.1, 0.15) is 24.2 Å². The Labute approximate surface area is 112 Å². The highest BCUT2D eigenvalue weighted by Gasteiger charge is 2.06. The summed E-state index contributed by atoms with van der Waals surface area (Å²) in [6.07, 6.45) is 1.78. The lowest BCUT2D eigenvalue weighted by atomic mass is 10.0. The molecular formula is C16H17N3. The van der Waals surface area contributed by atoms with E-state index >= 15 is 0 Å². The Balaban J connectivity index is 1.75. The minimum atomic E-state index is 0.313. The fourth-order valence-electron chi connectivity index (χ4n) is 2.24. The quantitative estimate of drug-likeness (QED) is 0.746. The third-order valence-electron chi connectivity index (χ3n) is 3.43. The van der Waals surface area contributed by atoms with Crippen LogP contribution in [0.15, 0.2) is 54.7 Å². The summed E-state index contributed by atoms with van der Waals surface area (Å²) >= 11 is 0. The number of nitrogens with zero attached hydrogens (tertiary/aromatic N) is 1. The van der Waals surface area contributed by atoms with Gasteiger partial charge in [-0.15, -0.1) is 0 Å². The molecule has 3 aromatic rings. The number of fused-ring (bicyclic) bond motifs is 1. The molecule has 0 bridgehead atoms. The lowest BCUT2D eigenvalue weighted by Gasteiger charge is -2.14. The molecule has 0 aliphatic heterocycles. The molecule has 2 aromatic carbocycles. The maximum atomic E-state index is 3.95. The van der Waals surface area contributed by atoms with Crippen molar-refractivity contribution in [1.82, 2.24) is 15.5 Å². The topological polar surface area (TPSA) is 40.7 Å². The molecule has 3 rings (SSSR count). The molecule has 0 saturated heterocycles. The van der Waals surface area contributed by atoms with Crippen LogP contribution in [-0.4, -0.2) is 10.2 Å². The van der Waals surface area contributed by atoms with Gasteiger partial charge in [0, 0.05) is 24.5 Å². The highest BCUT2D eigenvalue weighted by molar-refractivity contribution is 5.83. The lowest BCUT2D eigenvalue weighted by Crippen LogP contribution is -2.18. The fourth-order valence-corrected chi connectivity index (χ4v) is 2.24. The molecule has 0 fully saturated rings. The minimum absolute atomic E-state index is 0.313. The van der Waals surface area contributed by atoms with Gasteiger partial charge in [-0.2, -0.15) is 5.10 Å². The van der Waals surface area contributed by atoms with Crippen LogP contribution in [0.5, 0.6) is 0 Å². The van der Waals surface area contributed by atoms with E-state index in [2.05, 4.69) is 64.9 Å². The number of hydrogen-bond acceptors (Lipinski definition) is 2. The van der Waals surface area contributed by atoms with Gasteiger partial charge in [0.15, 0.2) is 0 Å². The molecule has 3 nitrogen and oxygen atoms in total. The summed E-state index contributed by atoms with van der Waals surface area (Å²) in [4.78, 5) is 0. The van der Waals surface area contributed by atoms with Gasteiger partial charge in [0.1, 0.15) is 0 Å². The summed E-state index contributed by atoms with van der Waals surface area (Å²) in [5.74, 6) is 0. The van der Waals surface area contributed by atoms with Crippen molar-refractivity contribution in [2.75, 3.05) is 0 Å². The van der Waals surface area contributed by atoms with Crippen LogP contribution in [0.2, 0.25) is 0 Å². The van der Waals surface area contributed by atoms with Crippen LogP contribution in [-0.2, 0) is 6.54 Å². The van der Waals surface area contributed by atoms with Crippen molar-refractivity contribution < 1.29 is 0 Å². The van der Waals surface area contributed by atoms with Crippen LogP contribution in [0.3, 0.4) is 0 Å². The molecule has 0 aliphatic rings. The van der Waals surface area contributed by atoms with Crippen LogP contribution in [0.4, 0.5) is 0 Å². The molecular weight excluding hydrogens is 234 g/mol. The van der Waals surface area contributed by atoms with Crippen LogP contribution < -0.4 is 5.32 Å². The van der Waals surface area contributed by atoms with E-state index in [0.29, 0.717) is 6.04 Å². The Morgan fingerprint density at radius 1 is 1.11 bits per heavy atom. The van der Waals surface area contributed by atoms with Gasteiger partial charge in [-0.1, -0.05) is 36.4 Å². The average Bonchev–Trinajstić information content (AvgIpc) is 2.97. The smallest absolute Gasteiger partial charge is 0.0490 e. The summed E-state index contributed by atoms with van der Waals surface area (Å²) in [6, 6.07) is 17.4. The largest absolute Gasteiger partial charge is 0.305 e. The van der Waals surface area contributed by atoms with Crippen LogP contribution in [0.25, 0.3) is 10.8 Å². The summed E-state index contributed by atoms with van der Waals surface area (Å²) < 4.78 is 0. The Morgan fingerprint density at radius 3 is 2.74 bits per heavy atom. The predicted octanol–water partition coefficient (Wildman–Crippen LogP) is 3.41. The van der Waals surface area contributed by atoms with Crippen LogP contribution in [0, 0.1) is 0 Å². The maximum absolute atomic E-state index is 3.95. The third-order valence-corrected chi connectivity index (χ3v) is 3.43. The zero-order valence-electron chi connectivity index (χ0n) is 10.9. The van der Waals surface area contributed by atoms with E-state index in [9.17, 15) is 0 Å². The molecule has 3 heteroatoms. The summed E-state index contributed by atoms with van der Waals surface area (Å²) in [5, 5.41) is 13.0. The number of aromatic nitrogens is 2. The summed E-state index contributed by atoms with van der Waals surface area (Å²) in [5.41, 5.74) is 2.41. The first kappa shape index (κ1) is 11.9. The monoisotopic (exact) mass is 251 g/mol. The lowest BCUT2D eigenvalue weighted by molar-refractivity contribution is 0.567. The number of H-pyrrole nitrogens is 1.